The summed E-state index contributed by atoms with van der Waals surface area (Å²) in [6.45, 7) is 10.1. The lowest BCUT2D eigenvalue weighted by Crippen LogP contribution is -2.36. The molecule has 0 aliphatic carbocycles. The van der Waals surface area contributed by atoms with Gasteiger partial charge in [-0.25, -0.2) is 4.79 Å². The fourth-order valence-electron chi connectivity index (χ4n) is 4.01. The lowest BCUT2D eigenvalue weighted by atomic mass is 9.87. The zero-order valence-corrected chi connectivity index (χ0v) is 19.8. The molecule has 1 aromatic rings. The SMILES string of the molecule is C/C(=C\CC/C(C)=C/CC[C@]1(C)CCc2cc(O)cc(C)c2O1)CC/C=C(\C)C(=O)O. The van der Waals surface area contributed by atoms with Crippen molar-refractivity contribution in [1.82, 2.24) is 0 Å². The van der Waals surface area contributed by atoms with E-state index in [0.29, 0.717) is 11.3 Å². The van der Waals surface area contributed by atoms with Gasteiger partial charge in [-0.05, 0) is 109 Å². The highest BCUT2D eigenvalue weighted by Gasteiger charge is 2.31. The molecule has 0 radical (unpaired) electrons. The van der Waals surface area contributed by atoms with Crippen LogP contribution >= 0.6 is 0 Å². The third-order valence-corrected chi connectivity index (χ3v) is 6.13. The summed E-state index contributed by atoms with van der Waals surface area (Å²) < 4.78 is 6.38. The summed E-state index contributed by atoms with van der Waals surface area (Å²) in [7, 11) is 0. The number of carboxylic acid groups (broad SMARTS) is 1. The highest BCUT2D eigenvalue weighted by Crippen LogP contribution is 2.39. The number of ether oxygens (including phenoxy) is 1. The first kappa shape index (κ1) is 24.8. The minimum absolute atomic E-state index is 0.163. The molecule has 4 heteroatoms. The van der Waals surface area contributed by atoms with Gasteiger partial charge in [-0.2, -0.15) is 0 Å². The molecule has 1 aliphatic heterocycles. The van der Waals surface area contributed by atoms with Crippen molar-refractivity contribution in [3.63, 3.8) is 0 Å². The van der Waals surface area contributed by atoms with Gasteiger partial charge in [0.1, 0.15) is 17.1 Å². The van der Waals surface area contributed by atoms with E-state index >= 15 is 0 Å². The molecule has 1 aliphatic rings. The predicted molar refractivity (Wildman–Crippen MR) is 127 cm³/mol. The number of fused-ring (bicyclic) bond motifs is 1. The Hall–Kier alpha value is -2.49. The molecule has 2 N–H and O–H groups in total. The van der Waals surface area contributed by atoms with E-state index in [-0.39, 0.29) is 5.60 Å². The standard InChI is InChI=1S/C27H38O4/c1-19(11-7-13-21(3)26(29)30)9-6-10-20(2)12-8-15-27(5)16-14-23-18-24(28)17-22(4)25(23)31-27/h9,12-13,17-18,28H,6-8,10-11,14-16H2,1-5H3,(H,29,30)/b19-9+,20-12+,21-13+/t27-/m1/s1. The second-order valence-electron chi connectivity index (χ2n) is 9.21. The van der Waals surface area contributed by atoms with Gasteiger partial charge in [0.05, 0.1) is 0 Å². The van der Waals surface area contributed by atoms with Gasteiger partial charge in [0.15, 0.2) is 0 Å². The fraction of sp³-hybridized carbons (Fsp3) is 0.519. The van der Waals surface area contributed by atoms with Crippen molar-refractivity contribution in [3.8, 4) is 11.5 Å². The number of rotatable bonds is 10. The van der Waals surface area contributed by atoms with Crippen LogP contribution in [0.2, 0.25) is 0 Å². The summed E-state index contributed by atoms with van der Waals surface area (Å²) in [5.74, 6) is 0.424. The van der Waals surface area contributed by atoms with Crippen LogP contribution < -0.4 is 4.74 Å². The van der Waals surface area contributed by atoms with Crippen molar-refractivity contribution in [2.75, 3.05) is 0 Å². The van der Waals surface area contributed by atoms with Crippen LogP contribution in [0.1, 0.15) is 83.8 Å². The van der Waals surface area contributed by atoms with Gasteiger partial charge in [0.25, 0.3) is 0 Å². The molecule has 0 aromatic heterocycles. The number of carboxylic acids is 1. The third-order valence-electron chi connectivity index (χ3n) is 6.13. The van der Waals surface area contributed by atoms with Gasteiger partial charge in [-0.1, -0.05) is 29.4 Å². The Morgan fingerprint density at radius 2 is 1.68 bits per heavy atom. The number of phenolic OH excluding ortho intramolecular Hbond substituents is 1. The minimum Gasteiger partial charge on any atom is -0.508 e. The van der Waals surface area contributed by atoms with Crippen molar-refractivity contribution in [2.24, 2.45) is 0 Å². The highest BCUT2D eigenvalue weighted by atomic mass is 16.5. The van der Waals surface area contributed by atoms with Crippen molar-refractivity contribution < 1.29 is 19.7 Å². The second-order valence-corrected chi connectivity index (χ2v) is 9.21. The van der Waals surface area contributed by atoms with Crippen LogP contribution in [-0.2, 0) is 11.2 Å². The largest absolute Gasteiger partial charge is 0.508 e. The van der Waals surface area contributed by atoms with Gasteiger partial charge >= 0.3 is 5.97 Å². The average Bonchev–Trinajstić information content (AvgIpc) is 2.68. The quantitative estimate of drug-likeness (QED) is 0.311. The van der Waals surface area contributed by atoms with Crippen LogP contribution in [-0.4, -0.2) is 21.8 Å². The Bertz CT molecular complexity index is 875. The lowest BCUT2D eigenvalue weighted by molar-refractivity contribution is -0.132. The highest BCUT2D eigenvalue weighted by molar-refractivity contribution is 5.85. The molecule has 31 heavy (non-hydrogen) atoms. The van der Waals surface area contributed by atoms with Crippen LogP contribution in [0.25, 0.3) is 0 Å². The van der Waals surface area contributed by atoms with Crippen molar-refractivity contribution in [2.45, 2.75) is 91.6 Å². The third kappa shape index (κ3) is 7.93. The Balaban J connectivity index is 1.77. The van der Waals surface area contributed by atoms with E-state index in [1.165, 1.54) is 11.1 Å². The first-order valence-electron chi connectivity index (χ1n) is 11.3. The molecule has 0 amide bonds. The molecule has 0 unspecified atom stereocenters. The fourth-order valence-corrected chi connectivity index (χ4v) is 4.01. The number of carbonyl (C=O) groups is 1. The Morgan fingerprint density at radius 1 is 1.06 bits per heavy atom. The van der Waals surface area contributed by atoms with E-state index in [1.807, 2.05) is 13.0 Å². The number of aromatic hydroxyl groups is 1. The molecular formula is C27H38O4. The van der Waals surface area contributed by atoms with Crippen molar-refractivity contribution >= 4 is 5.97 Å². The van der Waals surface area contributed by atoms with E-state index in [9.17, 15) is 9.90 Å². The summed E-state index contributed by atoms with van der Waals surface area (Å²) in [4.78, 5) is 10.8. The molecule has 0 spiro atoms. The molecule has 1 aromatic carbocycles. The van der Waals surface area contributed by atoms with Crippen LogP contribution in [0.5, 0.6) is 11.5 Å². The first-order chi connectivity index (χ1) is 14.6. The van der Waals surface area contributed by atoms with E-state index in [1.54, 1.807) is 19.1 Å². The number of hydrogen-bond acceptors (Lipinski definition) is 3. The number of phenols is 1. The maximum absolute atomic E-state index is 10.8. The van der Waals surface area contributed by atoms with Crippen LogP contribution in [0.4, 0.5) is 0 Å². The maximum atomic E-state index is 10.8. The molecule has 170 valence electrons. The topological polar surface area (TPSA) is 66.8 Å². The number of allylic oxidation sites excluding steroid dienone is 5. The van der Waals surface area contributed by atoms with Crippen LogP contribution in [0.15, 0.2) is 47.1 Å². The monoisotopic (exact) mass is 426 g/mol. The zero-order valence-electron chi connectivity index (χ0n) is 19.8. The molecule has 0 saturated carbocycles. The summed E-state index contributed by atoms with van der Waals surface area (Å²) in [6.07, 6.45) is 14.0. The van der Waals surface area contributed by atoms with Crippen LogP contribution in [0, 0.1) is 6.92 Å². The summed E-state index contributed by atoms with van der Waals surface area (Å²) in [5.41, 5.74) is 5.07. The summed E-state index contributed by atoms with van der Waals surface area (Å²) in [6, 6.07) is 3.60. The number of aliphatic carboxylic acids is 1. The van der Waals surface area contributed by atoms with Gasteiger partial charge in [-0.15, -0.1) is 0 Å². The number of aryl methyl sites for hydroxylation is 2. The molecule has 1 atom stereocenters. The first-order valence-corrected chi connectivity index (χ1v) is 11.3. The second kappa shape index (κ2) is 11.2. The normalized spacial score (nSPS) is 19.7. The van der Waals surface area contributed by atoms with E-state index in [0.717, 1.165) is 68.2 Å². The Kier molecular flexibility index (Phi) is 8.97. The summed E-state index contributed by atoms with van der Waals surface area (Å²) in [5, 5.41) is 18.7. The zero-order chi connectivity index (χ0) is 23.0. The van der Waals surface area contributed by atoms with Crippen molar-refractivity contribution in [1.29, 1.82) is 0 Å². The molecule has 4 nitrogen and oxygen atoms in total. The lowest BCUT2D eigenvalue weighted by Gasteiger charge is -2.36. The van der Waals surface area contributed by atoms with E-state index < -0.39 is 5.97 Å². The molecule has 0 bridgehead atoms. The minimum atomic E-state index is -0.839. The van der Waals surface area contributed by atoms with E-state index in [2.05, 4.69) is 32.9 Å². The molecule has 0 fully saturated rings. The number of benzene rings is 1. The van der Waals surface area contributed by atoms with E-state index in [4.69, 9.17) is 9.84 Å². The molecule has 1 heterocycles. The van der Waals surface area contributed by atoms with Crippen molar-refractivity contribution in [3.05, 3.63) is 58.2 Å². The summed E-state index contributed by atoms with van der Waals surface area (Å²) >= 11 is 0. The Morgan fingerprint density at radius 3 is 2.32 bits per heavy atom. The molecule has 2 rings (SSSR count). The van der Waals surface area contributed by atoms with Gasteiger partial charge in [0, 0.05) is 5.57 Å². The van der Waals surface area contributed by atoms with Gasteiger partial charge in [-0.3, -0.25) is 0 Å². The Labute approximate surface area is 187 Å². The maximum Gasteiger partial charge on any atom is 0.330 e. The van der Waals surface area contributed by atoms with Gasteiger partial charge < -0.3 is 14.9 Å². The average molecular weight is 427 g/mol. The molecule has 0 saturated heterocycles. The molecular weight excluding hydrogens is 388 g/mol. The van der Waals surface area contributed by atoms with Crippen LogP contribution in [0.3, 0.4) is 0 Å². The predicted octanol–water partition coefficient (Wildman–Crippen LogP) is 7.05. The smallest absolute Gasteiger partial charge is 0.330 e. The van der Waals surface area contributed by atoms with Gasteiger partial charge in [0.2, 0.25) is 0 Å². The number of hydrogen-bond donors (Lipinski definition) is 2.